The molecule has 2 aliphatic heterocycles. The topological polar surface area (TPSA) is 32.3 Å². The Hall–Kier alpha value is -1.06. The van der Waals surface area contributed by atoms with E-state index in [4.69, 9.17) is 0 Å². The second-order valence-corrected chi connectivity index (χ2v) is 7.83. The molecule has 2 heterocycles. The van der Waals surface area contributed by atoms with Crippen LogP contribution >= 0.6 is 12.4 Å². The summed E-state index contributed by atoms with van der Waals surface area (Å²) in [5, 5.41) is 3.51. The smallest absolute Gasteiger partial charge is 0.230 e. The van der Waals surface area contributed by atoms with Gasteiger partial charge < -0.3 is 10.2 Å². The van der Waals surface area contributed by atoms with Crippen molar-refractivity contribution >= 4 is 18.3 Å². The first-order chi connectivity index (χ1) is 11.3. The first kappa shape index (κ1) is 17.8. The van der Waals surface area contributed by atoms with E-state index in [2.05, 4.69) is 40.5 Å². The molecule has 132 valence electrons. The number of amides is 1. The summed E-state index contributed by atoms with van der Waals surface area (Å²) < 4.78 is 0. The number of halogens is 1. The first-order valence-corrected chi connectivity index (χ1v) is 9.32. The fraction of sp³-hybridized carbons (Fsp3) is 0.650. The number of likely N-dealkylation sites (tertiary alicyclic amines) is 1. The summed E-state index contributed by atoms with van der Waals surface area (Å²) in [5.74, 6) is 1.67. The van der Waals surface area contributed by atoms with Crippen molar-refractivity contribution in [2.24, 2.45) is 17.3 Å². The standard InChI is InChI=1S/C20H28N2O.ClH/c23-19(20-10-5-4-8-18(20)13-21-15-20)22-11-9-17(14-22)12-16-6-2-1-3-7-16;/h1-3,6-7,17-18,21H,4-5,8-15H2;1H/t17?,18-,20+;/m0./s1. The summed E-state index contributed by atoms with van der Waals surface area (Å²) in [5.41, 5.74) is 1.34. The Bertz CT molecular complexity index is 564. The molecule has 0 radical (unpaired) electrons. The van der Waals surface area contributed by atoms with Crippen LogP contribution in [0.15, 0.2) is 30.3 Å². The van der Waals surface area contributed by atoms with Gasteiger partial charge in [-0.05, 0) is 49.6 Å². The lowest BCUT2D eigenvalue weighted by atomic mass is 9.67. The Morgan fingerprint density at radius 2 is 2.04 bits per heavy atom. The minimum Gasteiger partial charge on any atom is -0.342 e. The molecule has 1 amide bonds. The summed E-state index contributed by atoms with van der Waals surface area (Å²) in [6.45, 7) is 3.89. The van der Waals surface area contributed by atoms with Crippen LogP contribution in [0.4, 0.5) is 0 Å². The van der Waals surface area contributed by atoms with Gasteiger partial charge in [0.15, 0.2) is 0 Å². The molecule has 1 aromatic carbocycles. The number of hydrogen-bond donors (Lipinski definition) is 1. The molecule has 24 heavy (non-hydrogen) atoms. The number of nitrogens with zero attached hydrogens (tertiary/aromatic N) is 1. The van der Waals surface area contributed by atoms with Crippen LogP contribution in [-0.2, 0) is 11.2 Å². The number of hydrogen-bond acceptors (Lipinski definition) is 2. The highest BCUT2D eigenvalue weighted by molar-refractivity contribution is 5.85. The molecule has 0 bridgehead atoms. The highest BCUT2D eigenvalue weighted by atomic mass is 35.5. The third-order valence-corrected chi connectivity index (χ3v) is 6.40. The van der Waals surface area contributed by atoms with Gasteiger partial charge in [-0.2, -0.15) is 0 Å². The molecule has 0 aromatic heterocycles. The number of nitrogens with one attached hydrogen (secondary N) is 1. The minimum absolute atomic E-state index is 0. The van der Waals surface area contributed by atoms with Gasteiger partial charge in [-0.25, -0.2) is 0 Å². The van der Waals surface area contributed by atoms with E-state index in [1.807, 2.05) is 0 Å². The zero-order chi connectivity index (χ0) is 15.7. The molecule has 3 fully saturated rings. The number of carbonyl (C=O) groups excluding carboxylic acids is 1. The fourth-order valence-corrected chi connectivity index (χ4v) is 5.11. The van der Waals surface area contributed by atoms with E-state index in [-0.39, 0.29) is 17.8 Å². The van der Waals surface area contributed by atoms with Crippen molar-refractivity contribution in [1.29, 1.82) is 0 Å². The fourth-order valence-electron chi connectivity index (χ4n) is 5.11. The van der Waals surface area contributed by atoms with Crippen molar-refractivity contribution in [3.8, 4) is 0 Å². The Balaban J connectivity index is 0.00000169. The van der Waals surface area contributed by atoms with Crippen LogP contribution in [0.2, 0.25) is 0 Å². The van der Waals surface area contributed by atoms with Gasteiger partial charge in [0.1, 0.15) is 0 Å². The summed E-state index contributed by atoms with van der Waals surface area (Å²) in [6, 6.07) is 10.7. The van der Waals surface area contributed by atoms with E-state index in [0.717, 1.165) is 45.4 Å². The highest BCUT2D eigenvalue weighted by Gasteiger charge is 2.52. The first-order valence-electron chi connectivity index (χ1n) is 9.32. The molecule has 2 saturated heterocycles. The van der Waals surface area contributed by atoms with E-state index in [0.29, 0.717) is 17.7 Å². The molecule has 1 aromatic rings. The van der Waals surface area contributed by atoms with Gasteiger partial charge in [-0.15, -0.1) is 12.4 Å². The van der Waals surface area contributed by atoms with E-state index >= 15 is 0 Å². The summed E-state index contributed by atoms with van der Waals surface area (Å²) >= 11 is 0. The van der Waals surface area contributed by atoms with Gasteiger partial charge in [0, 0.05) is 19.6 Å². The third-order valence-electron chi connectivity index (χ3n) is 6.40. The predicted molar refractivity (Wildman–Crippen MR) is 99.3 cm³/mol. The summed E-state index contributed by atoms with van der Waals surface area (Å²) in [6.07, 6.45) is 7.14. The molecule has 4 rings (SSSR count). The van der Waals surface area contributed by atoms with Crippen LogP contribution in [0.3, 0.4) is 0 Å². The molecule has 3 aliphatic rings. The van der Waals surface area contributed by atoms with Crippen LogP contribution < -0.4 is 5.32 Å². The number of fused-ring (bicyclic) bond motifs is 1. The third kappa shape index (κ3) is 3.21. The minimum atomic E-state index is -0.0696. The molecule has 0 spiro atoms. The van der Waals surface area contributed by atoms with Crippen molar-refractivity contribution in [1.82, 2.24) is 10.2 Å². The molecule has 1 saturated carbocycles. The van der Waals surface area contributed by atoms with E-state index in [1.54, 1.807) is 0 Å². The SMILES string of the molecule is Cl.O=C(N1CCC(Cc2ccccc2)C1)[C@@]12CCCC[C@H]1CNC2. The zero-order valence-corrected chi connectivity index (χ0v) is 15.2. The van der Waals surface area contributed by atoms with Crippen molar-refractivity contribution in [3.05, 3.63) is 35.9 Å². The van der Waals surface area contributed by atoms with E-state index in [9.17, 15) is 4.79 Å². The van der Waals surface area contributed by atoms with Crippen molar-refractivity contribution < 1.29 is 4.79 Å². The largest absolute Gasteiger partial charge is 0.342 e. The van der Waals surface area contributed by atoms with Crippen LogP contribution in [0.25, 0.3) is 0 Å². The van der Waals surface area contributed by atoms with E-state index in [1.165, 1.54) is 24.8 Å². The maximum atomic E-state index is 13.3. The van der Waals surface area contributed by atoms with Gasteiger partial charge in [-0.3, -0.25) is 4.79 Å². The summed E-state index contributed by atoms with van der Waals surface area (Å²) in [4.78, 5) is 15.5. The van der Waals surface area contributed by atoms with Crippen LogP contribution in [0.5, 0.6) is 0 Å². The number of carbonyl (C=O) groups is 1. The molecule has 3 atom stereocenters. The van der Waals surface area contributed by atoms with Gasteiger partial charge >= 0.3 is 0 Å². The maximum absolute atomic E-state index is 13.3. The average molecular weight is 349 g/mol. The maximum Gasteiger partial charge on any atom is 0.230 e. The quantitative estimate of drug-likeness (QED) is 0.909. The number of rotatable bonds is 3. The molecule has 1 aliphatic carbocycles. The summed E-state index contributed by atoms with van der Waals surface area (Å²) in [7, 11) is 0. The van der Waals surface area contributed by atoms with Gasteiger partial charge in [0.05, 0.1) is 5.41 Å². The normalized spacial score (nSPS) is 32.2. The molecular weight excluding hydrogens is 320 g/mol. The van der Waals surface area contributed by atoms with Crippen molar-refractivity contribution in [3.63, 3.8) is 0 Å². The molecular formula is C20H29ClN2O. The molecule has 1 unspecified atom stereocenters. The van der Waals surface area contributed by atoms with Gasteiger partial charge in [0.2, 0.25) is 5.91 Å². The van der Waals surface area contributed by atoms with Crippen molar-refractivity contribution in [2.45, 2.75) is 38.5 Å². The Kier molecular flexibility index (Phi) is 5.51. The van der Waals surface area contributed by atoms with Crippen LogP contribution in [0.1, 0.15) is 37.7 Å². The van der Waals surface area contributed by atoms with E-state index < -0.39 is 0 Å². The molecule has 3 nitrogen and oxygen atoms in total. The highest BCUT2D eigenvalue weighted by Crippen LogP contribution is 2.45. The second kappa shape index (κ2) is 7.45. The second-order valence-electron chi connectivity index (χ2n) is 7.83. The van der Waals surface area contributed by atoms with Gasteiger partial charge in [0.25, 0.3) is 0 Å². The lowest BCUT2D eigenvalue weighted by molar-refractivity contribution is -0.144. The molecule has 1 N–H and O–H groups in total. The number of benzene rings is 1. The zero-order valence-electron chi connectivity index (χ0n) is 14.4. The lowest BCUT2D eigenvalue weighted by Gasteiger charge is -2.39. The van der Waals surface area contributed by atoms with Crippen LogP contribution in [0, 0.1) is 17.3 Å². The monoisotopic (exact) mass is 348 g/mol. The Labute approximate surface area is 151 Å². The average Bonchev–Trinajstić information content (AvgIpc) is 3.22. The predicted octanol–water partition coefficient (Wildman–Crippen LogP) is 3.28. The van der Waals surface area contributed by atoms with Crippen molar-refractivity contribution in [2.75, 3.05) is 26.2 Å². The Morgan fingerprint density at radius 1 is 1.21 bits per heavy atom. The van der Waals surface area contributed by atoms with Gasteiger partial charge in [-0.1, -0.05) is 43.2 Å². The van der Waals surface area contributed by atoms with Crippen LogP contribution in [-0.4, -0.2) is 37.0 Å². The Morgan fingerprint density at radius 3 is 2.88 bits per heavy atom. The lowest BCUT2D eigenvalue weighted by Crippen LogP contribution is -2.49. The molecule has 4 heteroatoms.